The molecule has 1 spiro atoms. The molecule has 11 heteroatoms. The molecule has 2 unspecified atom stereocenters. The Balaban J connectivity index is 1.35. The summed E-state index contributed by atoms with van der Waals surface area (Å²) in [5, 5.41) is 26.4. The maximum absolute atomic E-state index is 14.2. The number of benzene rings is 3. The summed E-state index contributed by atoms with van der Waals surface area (Å²) in [5.74, 6) is -3.03. The molecule has 0 aliphatic carbocycles. The molecule has 10 nitrogen and oxygen atoms in total. The summed E-state index contributed by atoms with van der Waals surface area (Å²) < 4.78 is 11.3. The maximum atomic E-state index is 14.2. The van der Waals surface area contributed by atoms with Crippen molar-refractivity contribution in [2.24, 2.45) is 11.8 Å². The number of hydrogen-bond donors (Lipinski definition) is 4. The largest absolute Gasteiger partial charge is 0.504 e. The lowest BCUT2D eigenvalue weighted by Gasteiger charge is -2.30. The zero-order valence-electron chi connectivity index (χ0n) is 20.3. The molecule has 0 saturated carbocycles. The molecular formula is C28H22ClN3O7. The van der Waals surface area contributed by atoms with Crippen LogP contribution < -0.4 is 25.0 Å². The molecule has 0 radical (unpaired) electrons. The van der Waals surface area contributed by atoms with Gasteiger partial charge >= 0.3 is 0 Å². The second kappa shape index (κ2) is 8.36. The molecule has 4 N–H and O–H groups in total. The predicted molar refractivity (Wildman–Crippen MR) is 139 cm³/mol. The molecule has 3 aromatic carbocycles. The number of nitrogens with one attached hydrogen (secondary N) is 2. The maximum Gasteiger partial charge on any atom is 0.250 e. The van der Waals surface area contributed by atoms with Crippen molar-refractivity contribution in [3.63, 3.8) is 0 Å². The minimum Gasteiger partial charge on any atom is -0.504 e. The number of hydrogen-bond acceptors (Lipinski definition) is 8. The van der Waals surface area contributed by atoms with Crippen molar-refractivity contribution >= 4 is 40.7 Å². The molecule has 2 fully saturated rings. The van der Waals surface area contributed by atoms with E-state index >= 15 is 0 Å². The normalized spacial score (nSPS) is 26.6. The van der Waals surface area contributed by atoms with Gasteiger partial charge in [0, 0.05) is 28.4 Å². The predicted octanol–water partition coefficient (Wildman–Crippen LogP) is 2.69. The van der Waals surface area contributed by atoms with Gasteiger partial charge in [-0.1, -0.05) is 17.7 Å². The van der Waals surface area contributed by atoms with Crippen molar-refractivity contribution in [1.29, 1.82) is 0 Å². The number of ether oxygens (including phenoxy) is 2. The number of nitrogens with zero attached hydrogens (tertiary/aromatic N) is 1. The van der Waals surface area contributed by atoms with E-state index < -0.39 is 41.1 Å². The first-order valence-corrected chi connectivity index (χ1v) is 12.8. The van der Waals surface area contributed by atoms with Crippen molar-refractivity contribution in [3.05, 3.63) is 70.7 Å². The van der Waals surface area contributed by atoms with E-state index in [9.17, 15) is 24.6 Å². The highest BCUT2D eigenvalue weighted by Crippen LogP contribution is 2.54. The molecule has 3 amide bonds. The number of amides is 3. The molecular weight excluding hydrogens is 526 g/mol. The van der Waals surface area contributed by atoms with Gasteiger partial charge in [-0.25, -0.2) is 4.90 Å². The Morgan fingerprint density at radius 2 is 1.72 bits per heavy atom. The average molecular weight is 548 g/mol. The van der Waals surface area contributed by atoms with Crippen molar-refractivity contribution in [1.82, 2.24) is 5.32 Å². The van der Waals surface area contributed by atoms with E-state index in [-0.39, 0.29) is 17.9 Å². The summed E-state index contributed by atoms with van der Waals surface area (Å²) >= 11 is 6.32. The molecule has 39 heavy (non-hydrogen) atoms. The minimum atomic E-state index is -1.54. The van der Waals surface area contributed by atoms with E-state index in [0.29, 0.717) is 52.2 Å². The molecule has 0 bridgehead atoms. The Kier molecular flexibility index (Phi) is 5.10. The van der Waals surface area contributed by atoms with Gasteiger partial charge in [-0.15, -0.1) is 0 Å². The second-order valence-corrected chi connectivity index (χ2v) is 10.5. The Morgan fingerprint density at radius 1 is 0.923 bits per heavy atom. The highest BCUT2D eigenvalue weighted by atomic mass is 35.5. The van der Waals surface area contributed by atoms with Crippen LogP contribution >= 0.6 is 11.6 Å². The molecule has 4 aliphatic rings. The van der Waals surface area contributed by atoms with Crippen LogP contribution in [-0.2, 0) is 26.3 Å². The Bertz CT molecular complexity index is 1590. The monoisotopic (exact) mass is 547 g/mol. The van der Waals surface area contributed by atoms with Crippen LogP contribution in [0.15, 0.2) is 54.6 Å². The summed E-state index contributed by atoms with van der Waals surface area (Å²) in [6.07, 6.45) is 0.202. The van der Waals surface area contributed by atoms with Crippen LogP contribution in [0.1, 0.15) is 11.1 Å². The van der Waals surface area contributed by atoms with Crippen LogP contribution in [-0.4, -0.2) is 47.2 Å². The molecule has 4 atom stereocenters. The zero-order valence-corrected chi connectivity index (χ0v) is 21.1. The number of imide groups is 1. The Morgan fingerprint density at radius 3 is 2.51 bits per heavy atom. The van der Waals surface area contributed by atoms with Gasteiger partial charge in [-0.2, -0.15) is 0 Å². The van der Waals surface area contributed by atoms with Crippen LogP contribution in [0.4, 0.5) is 11.4 Å². The van der Waals surface area contributed by atoms with E-state index in [0.717, 1.165) is 4.90 Å². The van der Waals surface area contributed by atoms with Crippen molar-refractivity contribution < 1.29 is 34.1 Å². The quantitative estimate of drug-likeness (QED) is 0.290. The van der Waals surface area contributed by atoms with Gasteiger partial charge in [0.25, 0.3) is 0 Å². The number of anilines is 2. The SMILES string of the molecule is O=C1[C@H]2C(Cc3ccc(O)c(O)c3)NC3(C(=O)Nc4ccc(Cl)cc43)[C@H]2C(=O)N1c1ccc2c(c1)OCCO2. The Labute approximate surface area is 227 Å². The van der Waals surface area contributed by atoms with Gasteiger partial charge in [0.05, 0.1) is 17.5 Å². The lowest BCUT2D eigenvalue weighted by atomic mass is 9.76. The lowest BCUT2D eigenvalue weighted by Crippen LogP contribution is -2.53. The summed E-state index contributed by atoms with van der Waals surface area (Å²) in [6.45, 7) is 0.744. The standard InChI is InChI=1S/C28H22ClN3O7/c29-14-2-4-17-16(11-14)28(27(37)30-17)24-23(18(31-28)9-13-1-5-19(33)20(34)10-13)25(35)32(26(24)36)15-3-6-21-22(12-15)39-8-7-38-21/h1-6,10-12,18,23-24,31,33-34H,7-9H2,(H,30,37)/t18?,23-,24+,28?/m0/s1. The molecule has 3 aromatic rings. The van der Waals surface area contributed by atoms with Crippen LogP contribution in [0.3, 0.4) is 0 Å². The summed E-state index contributed by atoms with van der Waals surface area (Å²) in [6, 6.07) is 13.5. The third-order valence-corrected chi connectivity index (χ3v) is 8.19. The van der Waals surface area contributed by atoms with Gasteiger partial charge in [-0.3, -0.25) is 19.7 Å². The number of fused-ring (bicyclic) bond motifs is 5. The fourth-order valence-electron chi connectivity index (χ4n) is 6.32. The van der Waals surface area contributed by atoms with Crippen LogP contribution in [0.2, 0.25) is 5.02 Å². The number of halogens is 1. The van der Waals surface area contributed by atoms with Crippen LogP contribution in [0, 0.1) is 11.8 Å². The summed E-state index contributed by atoms with van der Waals surface area (Å²) in [7, 11) is 0. The number of phenols is 2. The molecule has 7 rings (SSSR count). The fourth-order valence-corrected chi connectivity index (χ4v) is 6.50. The van der Waals surface area contributed by atoms with E-state index in [1.54, 1.807) is 42.5 Å². The zero-order chi connectivity index (χ0) is 27.1. The number of phenolic OH excluding ortho intramolecular Hbond substituents is 2. The minimum absolute atomic E-state index is 0.202. The highest BCUT2D eigenvalue weighted by molar-refractivity contribution is 6.31. The van der Waals surface area contributed by atoms with Gasteiger partial charge in [0.2, 0.25) is 17.7 Å². The molecule has 4 aliphatic heterocycles. The van der Waals surface area contributed by atoms with E-state index in [2.05, 4.69) is 10.6 Å². The fraction of sp³-hybridized carbons (Fsp3) is 0.250. The number of aromatic hydroxyl groups is 2. The van der Waals surface area contributed by atoms with Crippen molar-refractivity contribution in [2.75, 3.05) is 23.4 Å². The highest BCUT2D eigenvalue weighted by Gasteiger charge is 2.70. The molecule has 0 aromatic heterocycles. The number of carbonyl (C=O) groups excluding carboxylic acids is 3. The first-order valence-electron chi connectivity index (χ1n) is 12.5. The second-order valence-electron chi connectivity index (χ2n) is 10.1. The van der Waals surface area contributed by atoms with Gasteiger partial charge < -0.3 is 25.0 Å². The first kappa shape index (κ1) is 23.8. The number of carbonyl (C=O) groups is 3. The third kappa shape index (κ3) is 3.34. The van der Waals surface area contributed by atoms with Gasteiger partial charge in [-0.05, 0) is 54.4 Å². The smallest absolute Gasteiger partial charge is 0.250 e. The summed E-state index contributed by atoms with van der Waals surface area (Å²) in [5.41, 5.74) is 0.405. The van der Waals surface area contributed by atoms with Gasteiger partial charge in [0.15, 0.2) is 23.0 Å². The third-order valence-electron chi connectivity index (χ3n) is 7.96. The number of rotatable bonds is 3. The average Bonchev–Trinajstić information content (AvgIpc) is 3.50. The van der Waals surface area contributed by atoms with Crippen molar-refractivity contribution in [3.8, 4) is 23.0 Å². The van der Waals surface area contributed by atoms with Crippen LogP contribution in [0.25, 0.3) is 0 Å². The van der Waals surface area contributed by atoms with E-state index in [1.807, 2.05) is 0 Å². The Hall–Kier alpha value is -4.28. The molecule has 2 saturated heterocycles. The first-order chi connectivity index (χ1) is 18.8. The van der Waals surface area contributed by atoms with E-state index in [4.69, 9.17) is 21.1 Å². The van der Waals surface area contributed by atoms with Crippen LogP contribution in [0.5, 0.6) is 23.0 Å². The van der Waals surface area contributed by atoms with Gasteiger partial charge in [0.1, 0.15) is 18.8 Å². The summed E-state index contributed by atoms with van der Waals surface area (Å²) in [4.78, 5) is 43.0. The molecule has 4 heterocycles. The molecule has 198 valence electrons. The van der Waals surface area contributed by atoms with Crippen molar-refractivity contribution in [2.45, 2.75) is 18.0 Å². The van der Waals surface area contributed by atoms with E-state index in [1.165, 1.54) is 12.1 Å². The topological polar surface area (TPSA) is 137 Å². The lowest BCUT2D eigenvalue weighted by molar-refractivity contribution is -0.130.